The fourth-order valence-electron chi connectivity index (χ4n) is 1.38. The Hall–Kier alpha value is -2.85. The summed E-state index contributed by atoms with van der Waals surface area (Å²) in [4.78, 5) is 23.2. The molecule has 0 spiro atoms. The zero-order valence-electron chi connectivity index (χ0n) is 12.2. The molecule has 0 fully saturated rings. The number of nitrogens with zero attached hydrogens (tertiary/aromatic N) is 1. The van der Waals surface area contributed by atoms with Gasteiger partial charge in [-0.2, -0.15) is 5.26 Å². The number of ether oxygens (including phenoxy) is 2. The molecule has 0 heterocycles. The molecule has 7 heteroatoms. The van der Waals surface area contributed by atoms with Crippen molar-refractivity contribution >= 4 is 17.7 Å². The number of rotatable bonds is 7. The van der Waals surface area contributed by atoms with Gasteiger partial charge in [-0.3, -0.25) is 0 Å². The van der Waals surface area contributed by atoms with Gasteiger partial charge in [0.15, 0.2) is 5.57 Å². The normalized spacial score (nSPS) is 10.5. The highest BCUT2D eigenvalue weighted by Gasteiger charge is 2.11. The van der Waals surface area contributed by atoms with E-state index in [9.17, 15) is 9.59 Å². The quantitative estimate of drug-likeness (QED) is 0.346. The van der Waals surface area contributed by atoms with E-state index in [1.54, 1.807) is 30.3 Å². The first-order chi connectivity index (χ1) is 10.7. The monoisotopic (exact) mass is 303 g/mol. The van der Waals surface area contributed by atoms with Crippen LogP contribution in [0.1, 0.15) is 6.92 Å². The van der Waals surface area contributed by atoms with Crippen LogP contribution in [-0.4, -0.2) is 31.8 Å². The first-order valence-electron chi connectivity index (χ1n) is 6.65. The van der Waals surface area contributed by atoms with E-state index in [1.165, 1.54) is 0 Å². The number of benzene rings is 1. The summed E-state index contributed by atoms with van der Waals surface area (Å²) in [5.41, 5.74) is 0.283. The van der Waals surface area contributed by atoms with Gasteiger partial charge in [-0.1, -0.05) is 18.2 Å². The number of amides is 2. The standard InChI is InChI=1S/C15H17N3O4/c1-2-21-8-9-22-14(19)12(10-16)11-17-15(20)18-13-6-4-3-5-7-13/h3-7,11H,2,8-9H2,1H3,(H2,17,18,20). The van der Waals surface area contributed by atoms with E-state index in [1.807, 2.05) is 13.0 Å². The number of carbonyl (C=O) groups is 2. The van der Waals surface area contributed by atoms with Gasteiger partial charge in [0, 0.05) is 18.5 Å². The fraction of sp³-hybridized carbons (Fsp3) is 0.267. The minimum atomic E-state index is -0.817. The van der Waals surface area contributed by atoms with Gasteiger partial charge in [0.05, 0.1) is 6.61 Å². The van der Waals surface area contributed by atoms with Crippen LogP contribution in [0.2, 0.25) is 0 Å². The number of urea groups is 1. The van der Waals surface area contributed by atoms with Crippen LogP contribution >= 0.6 is 0 Å². The predicted octanol–water partition coefficient (Wildman–Crippen LogP) is 1.80. The summed E-state index contributed by atoms with van der Waals surface area (Å²) in [7, 11) is 0. The molecule has 116 valence electrons. The summed E-state index contributed by atoms with van der Waals surface area (Å²) >= 11 is 0. The van der Waals surface area contributed by atoms with Crippen molar-refractivity contribution in [1.29, 1.82) is 5.26 Å². The Morgan fingerprint density at radius 2 is 2.00 bits per heavy atom. The minimum absolute atomic E-state index is 0.0436. The fourth-order valence-corrected chi connectivity index (χ4v) is 1.38. The van der Waals surface area contributed by atoms with Gasteiger partial charge in [0.25, 0.3) is 0 Å². The molecule has 1 aromatic rings. The Morgan fingerprint density at radius 3 is 2.64 bits per heavy atom. The zero-order chi connectivity index (χ0) is 16.2. The van der Waals surface area contributed by atoms with Crippen molar-refractivity contribution in [2.45, 2.75) is 6.92 Å². The molecule has 0 aliphatic heterocycles. The molecule has 0 saturated heterocycles. The number of hydrogen-bond donors (Lipinski definition) is 2. The molecule has 0 bridgehead atoms. The first kappa shape index (κ1) is 17.2. The van der Waals surface area contributed by atoms with Crippen LogP contribution in [0.3, 0.4) is 0 Å². The summed E-state index contributed by atoms with van der Waals surface area (Å²) in [5, 5.41) is 13.7. The Balaban J connectivity index is 2.45. The van der Waals surface area contributed by atoms with E-state index in [4.69, 9.17) is 14.7 Å². The van der Waals surface area contributed by atoms with Crippen LogP contribution < -0.4 is 10.6 Å². The summed E-state index contributed by atoms with van der Waals surface area (Å²) in [6, 6.07) is 9.85. The lowest BCUT2D eigenvalue weighted by Gasteiger charge is -2.05. The van der Waals surface area contributed by atoms with Gasteiger partial charge in [0.1, 0.15) is 12.7 Å². The lowest BCUT2D eigenvalue weighted by atomic mass is 10.3. The molecule has 0 atom stereocenters. The van der Waals surface area contributed by atoms with Gasteiger partial charge in [-0.25, -0.2) is 9.59 Å². The van der Waals surface area contributed by atoms with Crippen molar-refractivity contribution in [3.63, 3.8) is 0 Å². The second kappa shape index (κ2) is 9.96. The average molecular weight is 303 g/mol. The van der Waals surface area contributed by atoms with E-state index in [-0.39, 0.29) is 18.8 Å². The predicted molar refractivity (Wildman–Crippen MR) is 79.7 cm³/mol. The van der Waals surface area contributed by atoms with Gasteiger partial charge in [-0.15, -0.1) is 0 Å². The molecule has 1 aromatic carbocycles. The van der Waals surface area contributed by atoms with Crippen molar-refractivity contribution in [2.24, 2.45) is 0 Å². The van der Waals surface area contributed by atoms with Crippen molar-refractivity contribution in [1.82, 2.24) is 5.32 Å². The first-order valence-corrected chi connectivity index (χ1v) is 6.65. The van der Waals surface area contributed by atoms with Crippen molar-refractivity contribution in [2.75, 3.05) is 25.1 Å². The molecule has 0 radical (unpaired) electrons. The van der Waals surface area contributed by atoms with Gasteiger partial charge >= 0.3 is 12.0 Å². The van der Waals surface area contributed by atoms with E-state index in [0.717, 1.165) is 6.20 Å². The van der Waals surface area contributed by atoms with Crippen LogP contribution in [0.25, 0.3) is 0 Å². The topological polar surface area (TPSA) is 100 Å². The molecule has 22 heavy (non-hydrogen) atoms. The average Bonchev–Trinajstić information content (AvgIpc) is 2.53. The molecule has 2 amide bonds. The van der Waals surface area contributed by atoms with Crippen molar-refractivity contribution in [3.8, 4) is 6.07 Å². The Bertz CT molecular complexity index is 564. The molecule has 2 N–H and O–H groups in total. The lowest BCUT2D eigenvalue weighted by molar-refractivity contribution is -0.140. The molecular weight excluding hydrogens is 286 g/mol. The molecule has 0 aromatic heterocycles. The van der Waals surface area contributed by atoms with Crippen LogP contribution in [0.4, 0.5) is 10.5 Å². The third-order valence-corrected chi connectivity index (χ3v) is 2.38. The third kappa shape index (κ3) is 6.54. The van der Waals surface area contributed by atoms with Crippen LogP contribution in [0.5, 0.6) is 0 Å². The number of anilines is 1. The van der Waals surface area contributed by atoms with Crippen LogP contribution in [-0.2, 0) is 14.3 Å². The second-order valence-electron chi connectivity index (χ2n) is 3.97. The van der Waals surface area contributed by atoms with E-state index < -0.39 is 12.0 Å². The number of esters is 1. The largest absolute Gasteiger partial charge is 0.459 e. The summed E-state index contributed by atoms with van der Waals surface area (Å²) in [6.45, 7) is 2.63. The van der Waals surface area contributed by atoms with Crippen molar-refractivity contribution < 1.29 is 19.1 Å². The number of nitrogens with one attached hydrogen (secondary N) is 2. The number of carbonyl (C=O) groups excluding carboxylic acids is 2. The van der Waals surface area contributed by atoms with Crippen LogP contribution in [0, 0.1) is 11.3 Å². The van der Waals surface area contributed by atoms with E-state index in [2.05, 4.69) is 10.6 Å². The number of para-hydroxylation sites is 1. The maximum absolute atomic E-state index is 11.6. The van der Waals surface area contributed by atoms with Gasteiger partial charge in [0.2, 0.25) is 0 Å². The maximum Gasteiger partial charge on any atom is 0.350 e. The smallest absolute Gasteiger partial charge is 0.350 e. The third-order valence-electron chi connectivity index (χ3n) is 2.38. The number of nitriles is 1. The van der Waals surface area contributed by atoms with Gasteiger partial charge in [-0.05, 0) is 19.1 Å². The molecule has 0 aliphatic carbocycles. The summed E-state index contributed by atoms with van der Waals surface area (Å²) in [6.07, 6.45) is 1.00. The number of hydrogen-bond acceptors (Lipinski definition) is 5. The van der Waals surface area contributed by atoms with Crippen molar-refractivity contribution in [3.05, 3.63) is 42.1 Å². The highest BCUT2D eigenvalue weighted by Crippen LogP contribution is 2.04. The molecular formula is C15H17N3O4. The Labute approximate surface area is 128 Å². The maximum atomic E-state index is 11.6. The molecule has 0 aliphatic rings. The molecule has 0 unspecified atom stereocenters. The summed E-state index contributed by atoms with van der Waals surface area (Å²) < 4.78 is 9.82. The minimum Gasteiger partial charge on any atom is -0.459 e. The SMILES string of the molecule is CCOCCOC(=O)C(C#N)=CNC(=O)Nc1ccccc1. The van der Waals surface area contributed by atoms with Crippen LogP contribution in [0.15, 0.2) is 42.1 Å². The molecule has 1 rings (SSSR count). The highest BCUT2D eigenvalue weighted by atomic mass is 16.6. The Morgan fingerprint density at radius 1 is 1.27 bits per heavy atom. The second-order valence-corrected chi connectivity index (χ2v) is 3.97. The zero-order valence-corrected chi connectivity index (χ0v) is 12.2. The summed E-state index contributed by atoms with van der Waals surface area (Å²) in [5.74, 6) is -0.817. The lowest BCUT2D eigenvalue weighted by Crippen LogP contribution is -2.25. The molecule has 7 nitrogen and oxygen atoms in total. The molecule has 0 saturated carbocycles. The van der Waals surface area contributed by atoms with E-state index in [0.29, 0.717) is 12.3 Å². The van der Waals surface area contributed by atoms with E-state index >= 15 is 0 Å². The Kier molecular flexibility index (Phi) is 7.79. The van der Waals surface area contributed by atoms with Gasteiger partial charge < -0.3 is 20.1 Å². The highest BCUT2D eigenvalue weighted by molar-refractivity contribution is 5.95.